The van der Waals surface area contributed by atoms with E-state index in [2.05, 4.69) is 25.9 Å². The number of amides is 2. The number of hydrogen-bond acceptors (Lipinski definition) is 5. The van der Waals surface area contributed by atoms with Gasteiger partial charge in [-0.25, -0.2) is 18.7 Å². The number of fused-ring (bicyclic) bond motifs is 1. The van der Waals surface area contributed by atoms with Crippen LogP contribution in [0.25, 0.3) is 0 Å². The van der Waals surface area contributed by atoms with E-state index in [9.17, 15) is 18.4 Å². The molecule has 0 saturated carbocycles. The van der Waals surface area contributed by atoms with Crippen molar-refractivity contribution in [1.82, 2.24) is 29.7 Å². The quantitative estimate of drug-likeness (QED) is 0.362. The number of halogens is 2. The first-order valence-corrected chi connectivity index (χ1v) is 12.5. The minimum Gasteiger partial charge on any atom is -0.354 e. The van der Waals surface area contributed by atoms with E-state index in [0.29, 0.717) is 42.8 Å². The van der Waals surface area contributed by atoms with Crippen molar-refractivity contribution in [3.8, 4) is 0 Å². The van der Waals surface area contributed by atoms with Crippen LogP contribution in [0, 0.1) is 11.6 Å². The van der Waals surface area contributed by atoms with Crippen molar-refractivity contribution >= 4 is 17.6 Å². The van der Waals surface area contributed by atoms with Gasteiger partial charge in [-0.15, -0.1) is 0 Å². The number of rotatable bonds is 10. The van der Waals surface area contributed by atoms with Crippen LogP contribution in [0.2, 0.25) is 0 Å². The molecule has 0 saturated heterocycles. The summed E-state index contributed by atoms with van der Waals surface area (Å²) < 4.78 is 31.3. The number of aromatic nitrogens is 4. The molecule has 37 heavy (non-hydrogen) atoms. The maximum atomic E-state index is 14.2. The van der Waals surface area contributed by atoms with Gasteiger partial charge in [0, 0.05) is 43.8 Å². The van der Waals surface area contributed by atoms with Crippen LogP contribution in [-0.2, 0) is 34.5 Å². The van der Waals surface area contributed by atoms with Crippen molar-refractivity contribution in [2.24, 2.45) is 0 Å². The molecule has 0 aliphatic heterocycles. The summed E-state index contributed by atoms with van der Waals surface area (Å²) in [5.74, 6) is -1.24. The Morgan fingerprint density at radius 1 is 1.24 bits per heavy atom. The van der Waals surface area contributed by atoms with Crippen LogP contribution in [0.1, 0.15) is 44.7 Å². The fourth-order valence-electron chi connectivity index (χ4n) is 4.50. The molecule has 198 valence electrons. The molecule has 1 aromatic carbocycles. The largest absolute Gasteiger partial charge is 0.354 e. The molecule has 0 spiro atoms. The van der Waals surface area contributed by atoms with E-state index in [0.717, 1.165) is 19.0 Å². The number of carbonyl (C=O) groups is 2. The second-order valence-corrected chi connectivity index (χ2v) is 9.98. The summed E-state index contributed by atoms with van der Waals surface area (Å²) >= 11 is 0. The molecule has 2 heterocycles. The lowest BCUT2D eigenvalue weighted by Crippen LogP contribution is -2.46. The lowest BCUT2D eigenvalue weighted by atomic mass is 9.87. The van der Waals surface area contributed by atoms with Crippen LogP contribution in [-0.4, -0.2) is 49.5 Å². The summed E-state index contributed by atoms with van der Waals surface area (Å²) in [5.41, 5.74) is 0.273. The summed E-state index contributed by atoms with van der Waals surface area (Å²) in [7, 11) is 0. The molecule has 2 aromatic heterocycles. The highest BCUT2D eigenvalue weighted by Gasteiger charge is 2.30. The van der Waals surface area contributed by atoms with Gasteiger partial charge >= 0.3 is 0 Å². The number of imidazole rings is 2. The predicted octanol–water partition coefficient (Wildman–Crippen LogP) is 2.77. The molecule has 2 unspecified atom stereocenters. The number of carbonyl (C=O) groups excluding carboxylic acids is 2. The van der Waals surface area contributed by atoms with Crippen LogP contribution < -0.4 is 16.0 Å². The number of benzene rings is 1. The van der Waals surface area contributed by atoms with Gasteiger partial charge < -0.3 is 25.1 Å². The molecular formula is C26H33F2N7O2. The molecule has 4 rings (SSSR count). The van der Waals surface area contributed by atoms with Gasteiger partial charge in [0.05, 0.1) is 18.7 Å². The SMILES string of the molecule is CC(NC1CCc2cc(F)cc(F)c2C1)C(=O)Nc1cn(C(C)(C)C(=O)NCCCn2ccnc2)cn1. The first-order chi connectivity index (χ1) is 17.6. The van der Waals surface area contributed by atoms with Gasteiger partial charge in [0.1, 0.15) is 17.2 Å². The van der Waals surface area contributed by atoms with E-state index in [1.165, 1.54) is 12.4 Å². The van der Waals surface area contributed by atoms with Crippen LogP contribution in [0.3, 0.4) is 0 Å². The van der Waals surface area contributed by atoms with Gasteiger partial charge in [-0.2, -0.15) is 0 Å². The molecule has 0 fully saturated rings. The van der Waals surface area contributed by atoms with Gasteiger partial charge in [-0.1, -0.05) is 0 Å². The van der Waals surface area contributed by atoms with Crippen molar-refractivity contribution in [3.63, 3.8) is 0 Å². The zero-order valence-corrected chi connectivity index (χ0v) is 21.3. The summed E-state index contributed by atoms with van der Waals surface area (Å²) in [4.78, 5) is 33.8. The van der Waals surface area contributed by atoms with Crippen LogP contribution in [0.15, 0.2) is 43.4 Å². The first kappa shape index (κ1) is 26.5. The number of nitrogens with one attached hydrogen (secondary N) is 3. The Morgan fingerprint density at radius 2 is 2.05 bits per heavy atom. The number of anilines is 1. The van der Waals surface area contributed by atoms with Crippen molar-refractivity contribution in [2.45, 2.75) is 70.6 Å². The Labute approximate surface area is 214 Å². The number of hydrogen-bond donors (Lipinski definition) is 3. The Kier molecular flexibility index (Phi) is 8.01. The topological polar surface area (TPSA) is 106 Å². The molecular weight excluding hydrogens is 480 g/mol. The Bertz CT molecular complexity index is 1240. The van der Waals surface area contributed by atoms with Crippen LogP contribution in [0.4, 0.5) is 14.6 Å². The van der Waals surface area contributed by atoms with E-state index < -0.39 is 23.2 Å². The summed E-state index contributed by atoms with van der Waals surface area (Å²) in [6, 6.07) is 1.61. The van der Waals surface area contributed by atoms with Crippen molar-refractivity contribution < 1.29 is 18.4 Å². The van der Waals surface area contributed by atoms with E-state index in [4.69, 9.17) is 0 Å². The highest BCUT2D eigenvalue weighted by molar-refractivity contribution is 5.93. The van der Waals surface area contributed by atoms with E-state index in [1.807, 2.05) is 10.8 Å². The van der Waals surface area contributed by atoms with Gasteiger partial charge in [0.25, 0.3) is 0 Å². The minimum absolute atomic E-state index is 0.109. The predicted molar refractivity (Wildman–Crippen MR) is 135 cm³/mol. The van der Waals surface area contributed by atoms with E-state index >= 15 is 0 Å². The molecule has 2 amide bonds. The normalized spacial score (nSPS) is 16.2. The number of aryl methyl sites for hydroxylation is 2. The molecule has 11 heteroatoms. The molecule has 3 aromatic rings. The molecule has 0 bridgehead atoms. The molecule has 0 radical (unpaired) electrons. The molecule has 1 aliphatic rings. The fraction of sp³-hybridized carbons (Fsp3) is 0.462. The summed E-state index contributed by atoms with van der Waals surface area (Å²) in [6.45, 7) is 6.56. The molecule has 2 atom stereocenters. The molecule has 9 nitrogen and oxygen atoms in total. The van der Waals surface area contributed by atoms with E-state index in [-0.39, 0.29) is 17.9 Å². The first-order valence-electron chi connectivity index (χ1n) is 12.5. The van der Waals surface area contributed by atoms with Gasteiger partial charge in [-0.05, 0) is 63.6 Å². The second kappa shape index (κ2) is 11.2. The number of nitrogens with zero attached hydrogens (tertiary/aromatic N) is 4. The zero-order chi connectivity index (χ0) is 26.6. The van der Waals surface area contributed by atoms with E-state index in [1.54, 1.807) is 44.1 Å². The second-order valence-electron chi connectivity index (χ2n) is 9.98. The molecule has 3 N–H and O–H groups in total. The van der Waals surface area contributed by atoms with Crippen molar-refractivity contribution in [1.29, 1.82) is 0 Å². The third-order valence-electron chi connectivity index (χ3n) is 6.82. The van der Waals surface area contributed by atoms with Gasteiger partial charge in [0.2, 0.25) is 11.8 Å². The highest BCUT2D eigenvalue weighted by atomic mass is 19.1. The Balaban J connectivity index is 1.27. The standard InChI is InChI=1S/C26H33F2N7O2/c1-17(32-20-6-5-18-11-19(27)12-22(28)21(18)13-20)24(36)33-23-14-35(16-31-23)26(2,3)25(37)30-7-4-9-34-10-8-29-15-34/h8,10-12,14-17,20,32H,4-7,9,13H2,1-3H3,(H,30,37)(H,33,36). The average Bonchev–Trinajstić information content (AvgIpc) is 3.54. The summed E-state index contributed by atoms with van der Waals surface area (Å²) in [5, 5.41) is 8.96. The monoisotopic (exact) mass is 513 g/mol. The lowest BCUT2D eigenvalue weighted by molar-refractivity contribution is -0.128. The zero-order valence-electron chi connectivity index (χ0n) is 21.3. The van der Waals surface area contributed by atoms with Crippen molar-refractivity contribution in [3.05, 3.63) is 66.1 Å². The smallest absolute Gasteiger partial charge is 0.245 e. The maximum absolute atomic E-state index is 14.2. The van der Waals surface area contributed by atoms with Gasteiger partial charge in [-0.3, -0.25) is 9.59 Å². The fourth-order valence-corrected chi connectivity index (χ4v) is 4.50. The van der Waals surface area contributed by atoms with Gasteiger partial charge in [0.15, 0.2) is 5.82 Å². The van der Waals surface area contributed by atoms with Crippen molar-refractivity contribution in [2.75, 3.05) is 11.9 Å². The van der Waals surface area contributed by atoms with Crippen LogP contribution >= 0.6 is 0 Å². The average molecular weight is 514 g/mol. The maximum Gasteiger partial charge on any atom is 0.245 e. The minimum atomic E-state index is -0.909. The Morgan fingerprint density at radius 3 is 2.81 bits per heavy atom. The third kappa shape index (κ3) is 6.40. The highest BCUT2D eigenvalue weighted by Crippen LogP contribution is 2.25. The summed E-state index contributed by atoms with van der Waals surface area (Å²) in [6.07, 6.45) is 10.8. The third-order valence-corrected chi connectivity index (χ3v) is 6.82. The molecule has 1 aliphatic carbocycles. The Hall–Kier alpha value is -3.60. The van der Waals surface area contributed by atoms with Crippen LogP contribution in [0.5, 0.6) is 0 Å². The lowest BCUT2D eigenvalue weighted by Gasteiger charge is -2.28.